The number of hydrogen-bond donors (Lipinski definition) is 1. The second kappa shape index (κ2) is 6.33. The molecule has 102 valence electrons. The first-order valence-corrected chi connectivity index (χ1v) is 6.41. The van der Waals surface area contributed by atoms with Gasteiger partial charge in [-0.05, 0) is 25.5 Å². The molecule has 0 radical (unpaired) electrons. The van der Waals surface area contributed by atoms with Crippen molar-refractivity contribution in [1.29, 1.82) is 0 Å². The highest BCUT2D eigenvalue weighted by atomic mass is 16.5. The zero-order chi connectivity index (χ0) is 13.7. The van der Waals surface area contributed by atoms with E-state index in [-0.39, 0.29) is 11.8 Å². The van der Waals surface area contributed by atoms with Crippen LogP contribution in [0.4, 0.5) is 10.5 Å². The molecule has 1 aromatic carbocycles. The van der Waals surface area contributed by atoms with Gasteiger partial charge in [-0.3, -0.25) is 4.79 Å². The number of amides is 2. The maximum absolute atomic E-state index is 12.1. The number of rotatable bonds is 2. The number of ether oxygens (including phenoxy) is 1. The predicted molar refractivity (Wildman–Crippen MR) is 72.5 cm³/mol. The van der Waals surface area contributed by atoms with E-state index in [0.29, 0.717) is 37.6 Å². The maximum atomic E-state index is 12.1. The summed E-state index contributed by atoms with van der Waals surface area (Å²) in [6, 6.07) is 6.81. The van der Waals surface area contributed by atoms with E-state index in [1.165, 1.54) is 6.92 Å². The molecule has 5 nitrogen and oxygen atoms in total. The highest BCUT2D eigenvalue weighted by molar-refractivity contribution is 5.96. The van der Waals surface area contributed by atoms with Crippen LogP contribution >= 0.6 is 0 Å². The second-order valence-corrected chi connectivity index (χ2v) is 4.52. The number of nitrogens with zero attached hydrogens (tertiary/aromatic N) is 1. The van der Waals surface area contributed by atoms with Crippen LogP contribution in [0.5, 0.6) is 0 Å². The minimum absolute atomic E-state index is 0.0146. The molecule has 2 amide bonds. The summed E-state index contributed by atoms with van der Waals surface area (Å²) in [6.07, 6.45) is 0.848. The van der Waals surface area contributed by atoms with Crippen molar-refractivity contribution in [1.82, 2.24) is 4.90 Å². The fourth-order valence-corrected chi connectivity index (χ4v) is 1.97. The Hall–Kier alpha value is -1.88. The first kappa shape index (κ1) is 13.5. The van der Waals surface area contributed by atoms with Gasteiger partial charge in [-0.15, -0.1) is 0 Å². The topological polar surface area (TPSA) is 58.6 Å². The molecular formula is C14H18N2O3. The average Bonchev–Trinajstić information content (AvgIpc) is 2.68. The van der Waals surface area contributed by atoms with E-state index in [1.807, 2.05) is 0 Å². The number of carbonyl (C=O) groups excluding carboxylic acids is 2. The molecule has 2 rings (SSSR count). The summed E-state index contributed by atoms with van der Waals surface area (Å²) in [6.45, 7) is 4.06. The summed E-state index contributed by atoms with van der Waals surface area (Å²) in [7, 11) is 0. The molecule has 0 spiro atoms. The number of ketones is 1. The lowest BCUT2D eigenvalue weighted by atomic mass is 10.1. The van der Waals surface area contributed by atoms with Crippen molar-refractivity contribution in [2.24, 2.45) is 0 Å². The molecule has 0 bridgehead atoms. The third-order valence-electron chi connectivity index (χ3n) is 3.03. The van der Waals surface area contributed by atoms with Crippen molar-refractivity contribution in [2.45, 2.75) is 13.3 Å². The molecule has 0 aliphatic carbocycles. The van der Waals surface area contributed by atoms with Crippen molar-refractivity contribution in [3.63, 3.8) is 0 Å². The molecule has 0 atom stereocenters. The van der Waals surface area contributed by atoms with Crippen LogP contribution in [0.2, 0.25) is 0 Å². The monoisotopic (exact) mass is 262 g/mol. The SMILES string of the molecule is CC(=O)c1cccc(NC(=O)N2CCCOCC2)c1. The van der Waals surface area contributed by atoms with Gasteiger partial charge in [-0.25, -0.2) is 4.79 Å². The largest absolute Gasteiger partial charge is 0.380 e. The fourth-order valence-electron chi connectivity index (χ4n) is 1.97. The number of benzene rings is 1. The van der Waals surface area contributed by atoms with Crippen molar-refractivity contribution in [3.8, 4) is 0 Å². The van der Waals surface area contributed by atoms with Gasteiger partial charge < -0.3 is 15.0 Å². The first-order valence-electron chi connectivity index (χ1n) is 6.41. The Balaban J connectivity index is 2.01. The van der Waals surface area contributed by atoms with Gasteiger partial charge in [0.1, 0.15) is 0 Å². The van der Waals surface area contributed by atoms with Gasteiger partial charge in [0.2, 0.25) is 0 Å². The van der Waals surface area contributed by atoms with Crippen LogP contribution < -0.4 is 5.32 Å². The number of carbonyl (C=O) groups is 2. The fraction of sp³-hybridized carbons (Fsp3) is 0.429. The molecule has 1 aliphatic rings. The minimum Gasteiger partial charge on any atom is -0.380 e. The number of urea groups is 1. The molecule has 0 saturated carbocycles. The molecule has 0 aromatic heterocycles. The first-order chi connectivity index (χ1) is 9.16. The maximum Gasteiger partial charge on any atom is 0.321 e. The van der Waals surface area contributed by atoms with E-state index in [2.05, 4.69) is 5.32 Å². The number of Topliss-reactive ketones (excluding diaryl/α,β-unsaturated/α-hetero) is 1. The van der Waals surface area contributed by atoms with Crippen LogP contribution in [0.15, 0.2) is 24.3 Å². The summed E-state index contributed by atoms with van der Waals surface area (Å²) in [5.41, 5.74) is 1.24. The van der Waals surface area contributed by atoms with Gasteiger partial charge >= 0.3 is 6.03 Å². The summed E-state index contributed by atoms with van der Waals surface area (Å²) in [5, 5.41) is 2.81. The number of hydrogen-bond acceptors (Lipinski definition) is 3. The van der Waals surface area contributed by atoms with E-state index in [9.17, 15) is 9.59 Å². The molecule has 19 heavy (non-hydrogen) atoms. The van der Waals surface area contributed by atoms with Gasteiger partial charge in [0.05, 0.1) is 6.61 Å². The summed E-state index contributed by atoms with van der Waals surface area (Å²) in [5.74, 6) is -0.0146. The van der Waals surface area contributed by atoms with Crippen molar-refractivity contribution < 1.29 is 14.3 Å². The minimum atomic E-state index is -0.147. The van der Waals surface area contributed by atoms with E-state index in [1.54, 1.807) is 29.2 Å². The van der Waals surface area contributed by atoms with Gasteiger partial charge in [0.25, 0.3) is 0 Å². The molecule has 1 saturated heterocycles. The number of anilines is 1. The summed E-state index contributed by atoms with van der Waals surface area (Å²) >= 11 is 0. The van der Waals surface area contributed by atoms with Crippen LogP contribution in [0.25, 0.3) is 0 Å². The van der Waals surface area contributed by atoms with Gasteiger partial charge in [0, 0.05) is 30.9 Å². The third-order valence-corrected chi connectivity index (χ3v) is 3.03. The Bertz CT molecular complexity index is 466. The lowest BCUT2D eigenvalue weighted by molar-refractivity contribution is 0.101. The highest BCUT2D eigenvalue weighted by Crippen LogP contribution is 2.12. The van der Waals surface area contributed by atoms with E-state index >= 15 is 0 Å². The van der Waals surface area contributed by atoms with Crippen molar-refractivity contribution in [3.05, 3.63) is 29.8 Å². The predicted octanol–water partition coefficient (Wildman–Crippen LogP) is 2.14. The van der Waals surface area contributed by atoms with Gasteiger partial charge in [-0.1, -0.05) is 12.1 Å². The molecule has 1 fully saturated rings. The molecule has 1 aliphatic heterocycles. The lowest BCUT2D eigenvalue weighted by Crippen LogP contribution is -2.36. The molecule has 1 N–H and O–H groups in total. The van der Waals surface area contributed by atoms with E-state index in [4.69, 9.17) is 4.74 Å². The van der Waals surface area contributed by atoms with Crippen LogP contribution in [-0.2, 0) is 4.74 Å². The third kappa shape index (κ3) is 3.79. The molecule has 1 aromatic rings. The molecule has 1 heterocycles. The van der Waals surface area contributed by atoms with Crippen molar-refractivity contribution >= 4 is 17.5 Å². The smallest absolute Gasteiger partial charge is 0.321 e. The quantitative estimate of drug-likeness (QED) is 0.831. The molecule has 5 heteroatoms. The van der Waals surface area contributed by atoms with E-state index < -0.39 is 0 Å². The Labute approximate surface area is 112 Å². The summed E-state index contributed by atoms with van der Waals surface area (Å²) in [4.78, 5) is 25.1. The van der Waals surface area contributed by atoms with Gasteiger partial charge in [-0.2, -0.15) is 0 Å². The van der Waals surface area contributed by atoms with Crippen LogP contribution in [0, 0.1) is 0 Å². The highest BCUT2D eigenvalue weighted by Gasteiger charge is 2.15. The second-order valence-electron chi connectivity index (χ2n) is 4.52. The van der Waals surface area contributed by atoms with Crippen molar-refractivity contribution in [2.75, 3.05) is 31.6 Å². The number of nitrogens with one attached hydrogen (secondary N) is 1. The Kier molecular flexibility index (Phi) is 4.52. The Morgan fingerprint density at radius 2 is 2.11 bits per heavy atom. The lowest BCUT2D eigenvalue weighted by Gasteiger charge is -2.20. The molecular weight excluding hydrogens is 244 g/mol. The average molecular weight is 262 g/mol. The zero-order valence-electron chi connectivity index (χ0n) is 11.0. The molecule has 0 unspecified atom stereocenters. The van der Waals surface area contributed by atoms with Gasteiger partial charge in [0.15, 0.2) is 5.78 Å². The Morgan fingerprint density at radius 1 is 1.26 bits per heavy atom. The van der Waals surface area contributed by atoms with Crippen LogP contribution in [0.1, 0.15) is 23.7 Å². The standard InChI is InChI=1S/C14H18N2O3/c1-11(17)12-4-2-5-13(10-12)15-14(18)16-6-3-8-19-9-7-16/h2,4-5,10H,3,6-9H2,1H3,(H,15,18). The van der Waals surface area contributed by atoms with Crippen LogP contribution in [0.3, 0.4) is 0 Å². The summed E-state index contributed by atoms with van der Waals surface area (Å²) < 4.78 is 5.31. The van der Waals surface area contributed by atoms with Crippen LogP contribution in [-0.4, -0.2) is 43.0 Å². The van der Waals surface area contributed by atoms with E-state index in [0.717, 1.165) is 6.42 Å². The normalized spacial score (nSPS) is 15.7. The Morgan fingerprint density at radius 3 is 2.89 bits per heavy atom. The zero-order valence-corrected chi connectivity index (χ0v) is 11.0.